The normalized spacial score (nSPS) is 10.8. The average Bonchev–Trinajstić information content (AvgIpc) is 2.61. The molecule has 0 heterocycles. The second-order valence-corrected chi connectivity index (χ2v) is 6.00. The van der Waals surface area contributed by atoms with Gasteiger partial charge in [-0.1, -0.05) is 22.9 Å². The zero-order chi connectivity index (χ0) is 18.9. The predicted octanol–water partition coefficient (Wildman–Crippen LogP) is 3.78. The van der Waals surface area contributed by atoms with Crippen LogP contribution in [0.25, 0.3) is 0 Å². The van der Waals surface area contributed by atoms with Crippen molar-refractivity contribution in [1.29, 1.82) is 0 Å². The molecular formula is C20H24N2O4. The van der Waals surface area contributed by atoms with Crippen molar-refractivity contribution >= 4 is 17.8 Å². The van der Waals surface area contributed by atoms with Crippen LogP contribution in [-0.2, 0) is 9.63 Å². The lowest BCUT2D eigenvalue weighted by molar-refractivity contribution is -0.120. The number of carbonyl (C=O) groups excluding carboxylic acids is 1. The number of rotatable bonds is 8. The standard InChI is InChI=1S/C20H24N2O4/c1-14(2)26-18-10-7-16(11-19(18)24-4)12-21-25-13-20(23)22-17-8-5-15(3)6-9-17/h5-12,14H,13H2,1-4H3,(H,22,23)/b21-12-. The summed E-state index contributed by atoms with van der Waals surface area (Å²) in [7, 11) is 1.58. The Hall–Kier alpha value is -3.02. The lowest BCUT2D eigenvalue weighted by Gasteiger charge is -2.13. The fourth-order valence-electron chi connectivity index (χ4n) is 2.14. The molecule has 0 radical (unpaired) electrons. The highest BCUT2D eigenvalue weighted by Gasteiger charge is 2.07. The van der Waals surface area contributed by atoms with Gasteiger partial charge in [0.05, 0.1) is 19.4 Å². The van der Waals surface area contributed by atoms with Gasteiger partial charge < -0.3 is 19.6 Å². The number of nitrogens with zero attached hydrogens (tertiary/aromatic N) is 1. The molecule has 1 amide bonds. The van der Waals surface area contributed by atoms with E-state index in [4.69, 9.17) is 14.3 Å². The van der Waals surface area contributed by atoms with Crippen LogP contribution in [0.15, 0.2) is 47.6 Å². The van der Waals surface area contributed by atoms with Gasteiger partial charge in [-0.3, -0.25) is 4.79 Å². The third-order valence-corrected chi connectivity index (χ3v) is 3.36. The molecule has 1 N–H and O–H groups in total. The molecule has 0 aliphatic carbocycles. The Labute approximate surface area is 153 Å². The van der Waals surface area contributed by atoms with E-state index in [1.54, 1.807) is 13.2 Å². The van der Waals surface area contributed by atoms with Gasteiger partial charge >= 0.3 is 0 Å². The molecule has 0 saturated carbocycles. The number of methoxy groups -OCH3 is 1. The lowest BCUT2D eigenvalue weighted by Crippen LogP contribution is -2.16. The van der Waals surface area contributed by atoms with Gasteiger partial charge in [0.25, 0.3) is 5.91 Å². The van der Waals surface area contributed by atoms with Gasteiger partial charge in [-0.15, -0.1) is 0 Å². The third-order valence-electron chi connectivity index (χ3n) is 3.36. The molecule has 0 fully saturated rings. The SMILES string of the molecule is COc1cc(/C=N\OCC(=O)Nc2ccc(C)cc2)ccc1OC(C)C. The molecule has 0 spiro atoms. The summed E-state index contributed by atoms with van der Waals surface area (Å²) in [5, 5.41) is 6.56. The van der Waals surface area contributed by atoms with Gasteiger partial charge in [0, 0.05) is 11.3 Å². The Balaban J connectivity index is 1.85. The van der Waals surface area contributed by atoms with E-state index in [2.05, 4.69) is 10.5 Å². The topological polar surface area (TPSA) is 69.2 Å². The number of ether oxygens (including phenoxy) is 2. The van der Waals surface area contributed by atoms with Gasteiger partial charge in [0.15, 0.2) is 18.1 Å². The number of oxime groups is 1. The number of amides is 1. The summed E-state index contributed by atoms with van der Waals surface area (Å²) in [5.74, 6) is 1.00. The van der Waals surface area contributed by atoms with Crippen molar-refractivity contribution < 1.29 is 19.1 Å². The highest BCUT2D eigenvalue weighted by atomic mass is 16.6. The van der Waals surface area contributed by atoms with E-state index in [-0.39, 0.29) is 18.6 Å². The monoisotopic (exact) mass is 356 g/mol. The number of aryl methyl sites for hydroxylation is 1. The second kappa shape index (κ2) is 9.46. The lowest BCUT2D eigenvalue weighted by atomic mass is 10.2. The van der Waals surface area contributed by atoms with Crippen LogP contribution in [0.4, 0.5) is 5.69 Å². The Morgan fingerprint density at radius 1 is 1.15 bits per heavy atom. The highest BCUT2D eigenvalue weighted by molar-refractivity contribution is 5.91. The molecule has 2 aromatic carbocycles. The Morgan fingerprint density at radius 3 is 2.54 bits per heavy atom. The molecular weight excluding hydrogens is 332 g/mol. The van der Waals surface area contributed by atoms with Crippen LogP contribution in [0.1, 0.15) is 25.0 Å². The van der Waals surface area contributed by atoms with E-state index in [9.17, 15) is 4.79 Å². The highest BCUT2D eigenvalue weighted by Crippen LogP contribution is 2.28. The van der Waals surface area contributed by atoms with Crippen LogP contribution in [0, 0.1) is 6.92 Å². The van der Waals surface area contributed by atoms with Crippen LogP contribution < -0.4 is 14.8 Å². The molecule has 0 aromatic heterocycles. The first-order chi connectivity index (χ1) is 12.5. The van der Waals surface area contributed by atoms with Crippen LogP contribution >= 0.6 is 0 Å². The molecule has 2 rings (SSSR count). The van der Waals surface area contributed by atoms with Crippen LogP contribution in [0.2, 0.25) is 0 Å². The van der Waals surface area contributed by atoms with E-state index in [0.29, 0.717) is 11.5 Å². The molecule has 26 heavy (non-hydrogen) atoms. The van der Waals surface area contributed by atoms with Crippen molar-refractivity contribution in [2.24, 2.45) is 5.16 Å². The number of carbonyl (C=O) groups is 1. The largest absolute Gasteiger partial charge is 0.493 e. The van der Waals surface area contributed by atoms with E-state index < -0.39 is 0 Å². The molecule has 0 aliphatic heterocycles. The van der Waals surface area contributed by atoms with E-state index in [1.807, 2.05) is 57.2 Å². The first kappa shape index (κ1) is 19.3. The molecule has 6 nitrogen and oxygen atoms in total. The second-order valence-electron chi connectivity index (χ2n) is 6.00. The van der Waals surface area contributed by atoms with E-state index in [0.717, 1.165) is 16.8 Å². The number of anilines is 1. The Kier molecular flexibility index (Phi) is 7.02. The summed E-state index contributed by atoms with van der Waals surface area (Å²) in [5.41, 5.74) is 2.62. The molecule has 0 saturated heterocycles. The van der Waals surface area contributed by atoms with Crippen molar-refractivity contribution in [3.05, 3.63) is 53.6 Å². The van der Waals surface area contributed by atoms with Gasteiger partial charge in [-0.05, 0) is 51.1 Å². The summed E-state index contributed by atoms with van der Waals surface area (Å²) in [6.07, 6.45) is 1.57. The maximum absolute atomic E-state index is 11.8. The van der Waals surface area contributed by atoms with Crippen molar-refractivity contribution in [2.45, 2.75) is 26.9 Å². The van der Waals surface area contributed by atoms with E-state index >= 15 is 0 Å². The smallest absolute Gasteiger partial charge is 0.265 e. The minimum atomic E-state index is -0.274. The molecule has 0 aliphatic rings. The van der Waals surface area contributed by atoms with Crippen LogP contribution in [0.3, 0.4) is 0 Å². The first-order valence-corrected chi connectivity index (χ1v) is 8.34. The van der Waals surface area contributed by atoms with Crippen molar-refractivity contribution in [2.75, 3.05) is 19.0 Å². The third kappa shape index (κ3) is 6.12. The fourth-order valence-corrected chi connectivity index (χ4v) is 2.14. The summed E-state index contributed by atoms with van der Waals surface area (Å²) < 4.78 is 11.0. The van der Waals surface area contributed by atoms with Crippen LogP contribution in [-0.4, -0.2) is 31.9 Å². The molecule has 6 heteroatoms. The Bertz CT molecular complexity index is 755. The average molecular weight is 356 g/mol. The predicted molar refractivity (Wildman–Crippen MR) is 102 cm³/mol. The molecule has 0 unspecified atom stereocenters. The summed E-state index contributed by atoms with van der Waals surface area (Å²) in [6, 6.07) is 13.0. The van der Waals surface area contributed by atoms with Gasteiger partial charge in [0.2, 0.25) is 0 Å². The summed E-state index contributed by atoms with van der Waals surface area (Å²) in [4.78, 5) is 16.9. The van der Waals surface area contributed by atoms with Gasteiger partial charge in [0.1, 0.15) is 0 Å². The molecule has 0 atom stereocenters. The zero-order valence-electron chi connectivity index (χ0n) is 15.5. The van der Waals surface area contributed by atoms with Crippen LogP contribution in [0.5, 0.6) is 11.5 Å². The van der Waals surface area contributed by atoms with Crippen molar-refractivity contribution in [3.8, 4) is 11.5 Å². The van der Waals surface area contributed by atoms with Gasteiger partial charge in [-0.2, -0.15) is 0 Å². The van der Waals surface area contributed by atoms with Crippen molar-refractivity contribution in [3.63, 3.8) is 0 Å². The molecule has 2 aromatic rings. The number of benzene rings is 2. The maximum Gasteiger partial charge on any atom is 0.265 e. The molecule has 138 valence electrons. The number of hydrogen-bond acceptors (Lipinski definition) is 5. The fraction of sp³-hybridized carbons (Fsp3) is 0.300. The summed E-state index contributed by atoms with van der Waals surface area (Å²) in [6.45, 7) is 5.71. The Morgan fingerprint density at radius 2 is 1.88 bits per heavy atom. The number of hydrogen-bond donors (Lipinski definition) is 1. The van der Waals surface area contributed by atoms with E-state index in [1.165, 1.54) is 6.21 Å². The molecule has 0 bridgehead atoms. The minimum Gasteiger partial charge on any atom is -0.493 e. The zero-order valence-corrected chi connectivity index (χ0v) is 15.5. The van der Waals surface area contributed by atoms with Crippen molar-refractivity contribution in [1.82, 2.24) is 0 Å². The van der Waals surface area contributed by atoms with Gasteiger partial charge in [-0.25, -0.2) is 0 Å². The quantitative estimate of drug-likeness (QED) is 0.577. The maximum atomic E-state index is 11.8. The minimum absolute atomic E-state index is 0.0544. The first-order valence-electron chi connectivity index (χ1n) is 8.34. The number of nitrogens with one attached hydrogen (secondary N) is 1. The summed E-state index contributed by atoms with van der Waals surface area (Å²) >= 11 is 0.